The van der Waals surface area contributed by atoms with E-state index in [0.29, 0.717) is 18.0 Å². The lowest BCUT2D eigenvalue weighted by Crippen LogP contribution is -2.35. The van der Waals surface area contributed by atoms with Crippen molar-refractivity contribution in [1.29, 1.82) is 0 Å². The molecule has 10 nitrogen and oxygen atoms in total. The minimum atomic E-state index is 0.536. The third kappa shape index (κ3) is 2.35. The first-order valence-corrected chi connectivity index (χ1v) is 8.29. The standard InChI is InChI=1S/C16H16N10/c1-2-25-8-10(6-19-25)12-7-18-15-16(20-12)26(24-23-15)9-13-11-4-3-5-17-14(11)22-21-13/h3-8,24H,2,9H2,1H3,(H,18,23)(H,17,21,22). The van der Waals surface area contributed by atoms with Crippen LogP contribution in [0, 0.1) is 0 Å². The van der Waals surface area contributed by atoms with E-state index in [1.165, 1.54) is 0 Å². The van der Waals surface area contributed by atoms with E-state index in [1.807, 2.05) is 34.9 Å². The number of anilines is 2. The predicted molar refractivity (Wildman–Crippen MR) is 95.8 cm³/mol. The zero-order valence-corrected chi connectivity index (χ0v) is 14.0. The van der Waals surface area contributed by atoms with Crippen molar-refractivity contribution in [2.45, 2.75) is 20.0 Å². The van der Waals surface area contributed by atoms with Crippen molar-refractivity contribution < 1.29 is 0 Å². The monoisotopic (exact) mass is 348 g/mol. The molecule has 0 unspecified atom stereocenters. The van der Waals surface area contributed by atoms with Crippen molar-refractivity contribution >= 4 is 22.7 Å². The lowest BCUT2D eigenvalue weighted by Gasteiger charge is -2.15. The molecule has 0 aromatic carbocycles. The number of aromatic nitrogens is 7. The fourth-order valence-electron chi connectivity index (χ4n) is 2.93. The second kappa shape index (κ2) is 5.77. The molecule has 0 aliphatic carbocycles. The molecule has 0 radical (unpaired) electrons. The summed E-state index contributed by atoms with van der Waals surface area (Å²) in [5, 5.41) is 14.5. The van der Waals surface area contributed by atoms with E-state index in [4.69, 9.17) is 4.98 Å². The second-order valence-electron chi connectivity index (χ2n) is 5.91. The maximum absolute atomic E-state index is 4.75. The van der Waals surface area contributed by atoms with E-state index >= 15 is 0 Å². The molecular weight excluding hydrogens is 332 g/mol. The van der Waals surface area contributed by atoms with Gasteiger partial charge in [-0.1, -0.05) is 0 Å². The highest BCUT2D eigenvalue weighted by atomic mass is 15.7. The van der Waals surface area contributed by atoms with E-state index in [2.05, 4.69) is 36.2 Å². The number of hydrogen-bond acceptors (Lipinski definition) is 8. The van der Waals surface area contributed by atoms with Gasteiger partial charge in [-0.3, -0.25) is 20.2 Å². The molecule has 5 rings (SSSR count). The van der Waals surface area contributed by atoms with Crippen LogP contribution in [0.4, 0.5) is 11.6 Å². The Labute approximate surface area is 148 Å². The Morgan fingerprint density at radius 2 is 2.15 bits per heavy atom. The van der Waals surface area contributed by atoms with Crippen LogP contribution < -0.4 is 16.0 Å². The molecule has 4 aromatic rings. The molecule has 0 saturated carbocycles. The lowest BCUT2D eigenvalue weighted by molar-refractivity contribution is 0.660. The zero-order chi connectivity index (χ0) is 17.5. The van der Waals surface area contributed by atoms with Gasteiger partial charge in [0.05, 0.1) is 30.3 Å². The Bertz CT molecular complexity index is 1080. The minimum Gasteiger partial charge on any atom is -0.285 e. The first kappa shape index (κ1) is 14.8. The molecule has 0 amide bonds. The third-order valence-corrected chi connectivity index (χ3v) is 4.30. The molecule has 4 aromatic heterocycles. The number of hydrogen-bond donors (Lipinski definition) is 3. The molecule has 0 spiro atoms. The van der Waals surface area contributed by atoms with Gasteiger partial charge in [0.15, 0.2) is 17.3 Å². The van der Waals surface area contributed by atoms with Gasteiger partial charge >= 0.3 is 0 Å². The van der Waals surface area contributed by atoms with Crippen LogP contribution in [0.3, 0.4) is 0 Å². The Morgan fingerprint density at radius 3 is 3.04 bits per heavy atom. The summed E-state index contributed by atoms with van der Waals surface area (Å²) in [6.45, 7) is 3.40. The summed E-state index contributed by atoms with van der Waals surface area (Å²) in [5.41, 5.74) is 9.48. The first-order valence-electron chi connectivity index (χ1n) is 8.29. The molecule has 3 N–H and O–H groups in total. The number of rotatable bonds is 4. The van der Waals surface area contributed by atoms with Crippen LogP contribution in [0.1, 0.15) is 12.6 Å². The Balaban J connectivity index is 1.48. The number of fused-ring (bicyclic) bond motifs is 2. The molecular formula is C16H16N10. The van der Waals surface area contributed by atoms with E-state index in [-0.39, 0.29) is 0 Å². The minimum absolute atomic E-state index is 0.536. The van der Waals surface area contributed by atoms with Gasteiger partial charge in [-0.05, 0) is 19.1 Å². The van der Waals surface area contributed by atoms with Gasteiger partial charge in [-0.15, -0.1) is 5.53 Å². The van der Waals surface area contributed by atoms with Crippen molar-refractivity contribution in [3.63, 3.8) is 0 Å². The van der Waals surface area contributed by atoms with Gasteiger partial charge in [0.1, 0.15) is 0 Å². The molecule has 5 heterocycles. The van der Waals surface area contributed by atoms with Crippen LogP contribution in [-0.2, 0) is 13.1 Å². The fourth-order valence-corrected chi connectivity index (χ4v) is 2.93. The normalized spacial score (nSPS) is 13.2. The average molecular weight is 348 g/mol. The van der Waals surface area contributed by atoms with E-state index in [1.54, 1.807) is 18.6 Å². The SMILES string of the molecule is CCn1cc(-c2cnc3c(n2)N(Cc2[nH]nc4ncccc24)NN3)cn1. The summed E-state index contributed by atoms with van der Waals surface area (Å²) in [7, 11) is 0. The summed E-state index contributed by atoms with van der Waals surface area (Å²) in [5.74, 6) is 1.40. The van der Waals surface area contributed by atoms with Crippen molar-refractivity contribution in [2.24, 2.45) is 0 Å². The van der Waals surface area contributed by atoms with E-state index < -0.39 is 0 Å². The average Bonchev–Trinajstić information content (AvgIpc) is 3.41. The highest BCUT2D eigenvalue weighted by Crippen LogP contribution is 2.29. The van der Waals surface area contributed by atoms with Crippen LogP contribution >= 0.6 is 0 Å². The van der Waals surface area contributed by atoms with Gasteiger partial charge in [-0.2, -0.15) is 10.2 Å². The molecule has 0 saturated heterocycles. The van der Waals surface area contributed by atoms with Crippen LogP contribution in [-0.4, -0.2) is 34.9 Å². The first-order chi connectivity index (χ1) is 12.8. The number of nitrogens with zero attached hydrogens (tertiary/aromatic N) is 7. The summed E-state index contributed by atoms with van der Waals surface area (Å²) >= 11 is 0. The highest BCUT2D eigenvalue weighted by Gasteiger charge is 2.24. The predicted octanol–water partition coefficient (Wildman–Crippen LogP) is 1.48. The van der Waals surface area contributed by atoms with Crippen molar-refractivity contribution in [1.82, 2.24) is 40.5 Å². The molecule has 26 heavy (non-hydrogen) atoms. The summed E-state index contributed by atoms with van der Waals surface area (Å²) in [4.78, 5) is 13.5. The summed E-state index contributed by atoms with van der Waals surface area (Å²) in [6.07, 6.45) is 7.23. The van der Waals surface area contributed by atoms with Gasteiger partial charge in [0.2, 0.25) is 0 Å². The quantitative estimate of drug-likeness (QED) is 0.508. The smallest absolute Gasteiger partial charge is 0.190 e. The van der Waals surface area contributed by atoms with Gasteiger partial charge < -0.3 is 0 Å². The largest absolute Gasteiger partial charge is 0.285 e. The topological polar surface area (TPSA) is 112 Å². The molecule has 0 bridgehead atoms. The summed E-state index contributed by atoms with van der Waals surface area (Å²) < 4.78 is 1.86. The molecule has 0 fully saturated rings. The number of aryl methyl sites for hydroxylation is 1. The van der Waals surface area contributed by atoms with E-state index in [0.717, 1.165) is 34.7 Å². The van der Waals surface area contributed by atoms with Gasteiger partial charge in [0, 0.05) is 29.9 Å². The molecule has 10 heteroatoms. The summed E-state index contributed by atoms with van der Waals surface area (Å²) in [6, 6.07) is 3.89. The second-order valence-corrected chi connectivity index (χ2v) is 5.91. The van der Waals surface area contributed by atoms with Crippen LogP contribution in [0.15, 0.2) is 36.9 Å². The number of hydrazine groups is 2. The Hall–Kier alpha value is -3.53. The molecule has 1 aliphatic rings. The number of nitrogens with one attached hydrogen (secondary N) is 3. The third-order valence-electron chi connectivity index (χ3n) is 4.30. The molecule has 130 valence electrons. The van der Waals surface area contributed by atoms with Crippen LogP contribution in [0.5, 0.6) is 0 Å². The molecule has 1 aliphatic heterocycles. The highest BCUT2D eigenvalue weighted by molar-refractivity contribution is 5.78. The number of aromatic amines is 1. The fraction of sp³-hybridized carbons (Fsp3) is 0.188. The maximum Gasteiger partial charge on any atom is 0.190 e. The number of pyridine rings is 1. The van der Waals surface area contributed by atoms with Crippen molar-refractivity contribution in [3.05, 3.63) is 42.6 Å². The van der Waals surface area contributed by atoms with Crippen LogP contribution in [0.25, 0.3) is 22.3 Å². The van der Waals surface area contributed by atoms with Crippen molar-refractivity contribution in [2.75, 3.05) is 10.4 Å². The van der Waals surface area contributed by atoms with Gasteiger partial charge in [-0.25, -0.2) is 15.0 Å². The maximum atomic E-state index is 4.75. The van der Waals surface area contributed by atoms with E-state index in [9.17, 15) is 0 Å². The Morgan fingerprint density at radius 1 is 1.19 bits per heavy atom. The Kier molecular flexibility index (Phi) is 3.28. The zero-order valence-electron chi connectivity index (χ0n) is 14.0. The van der Waals surface area contributed by atoms with Crippen molar-refractivity contribution in [3.8, 4) is 11.3 Å². The van der Waals surface area contributed by atoms with Crippen LogP contribution in [0.2, 0.25) is 0 Å². The lowest BCUT2D eigenvalue weighted by atomic mass is 10.2. The number of H-pyrrole nitrogens is 1. The van der Waals surface area contributed by atoms with Gasteiger partial charge in [0.25, 0.3) is 0 Å². The molecule has 0 atom stereocenters.